The smallest absolute Gasteiger partial charge is 0.255 e. The van der Waals surface area contributed by atoms with E-state index >= 15 is 0 Å². The molecule has 0 spiro atoms. The molecule has 1 heterocycles. The van der Waals surface area contributed by atoms with E-state index in [2.05, 4.69) is 4.98 Å². The molecule has 5 heteroatoms. The van der Waals surface area contributed by atoms with Gasteiger partial charge in [0.2, 0.25) is 0 Å². The number of halogens is 4. The molecule has 0 fully saturated rings. The van der Waals surface area contributed by atoms with E-state index in [0.29, 0.717) is 0 Å². The molecule has 0 N–H and O–H groups in total. The molecular formula is C10H5ClF3N. The minimum atomic E-state index is -4.38. The van der Waals surface area contributed by atoms with Gasteiger partial charge in [-0.1, -0.05) is 17.7 Å². The lowest BCUT2D eigenvalue weighted by atomic mass is 10.1. The molecule has 78 valence electrons. The minimum Gasteiger partial charge on any atom is -0.255 e. The number of hydrogen-bond acceptors (Lipinski definition) is 1. The summed E-state index contributed by atoms with van der Waals surface area (Å²) in [6.45, 7) is 0. The Labute approximate surface area is 88.5 Å². The van der Waals surface area contributed by atoms with Crippen LogP contribution >= 0.6 is 11.6 Å². The minimum absolute atomic E-state index is 0.0255. The maximum Gasteiger partial charge on any atom is 0.417 e. The van der Waals surface area contributed by atoms with Crippen molar-refractivity contribution in [3.63, 3.8) is 0 Å². The molecule has 2 rings (SSSR count). The second-order valence-corrected chi connectivity index (χ2v) is 3.40. The lowest BCUT2D eigenvalue weighted by molar-refractivity contribution is -0.136. The highest BCUT2D eigenvalue weighted by Gasteiger charge is 2.32. The van der Waals surface area contributed by atoms with Crippen LogP contribution in [0.4, 0.5) is 13.2 Å². The van der Waals surface area contributed by atoms with Gasteiger partial charge in [0.15, 0.2) is 0 Å². The fourth-order valence-electron chi connectivity index (χ4n) is 1.39. The standard InChI is InChI=1S/C10H5ClF3N/c11-8-4-3-7(10(12,13)14)6-2-1-5-15-9(6)8/h1-5H. The molecule has 0 aliphatic heterocycles. The van der Waals surface area contributed by atoms with Gasteiger partial charge >= 0.3 is 6.18 Å². The van der Waals surface area contributed by atoms with Gasteiger partial charge < -0.3 is 0 Å². The number of hydrogen-bond donors (Lipinski definition) is 0. The zero-order chi connectivity index (χ0) is 11.1. The normalized spacial score (nSPS) is 12.0. The van der Waals surface area contributed by atoms with Crippen LogP contribution in [0.25, 0.3) is 10.9 Å². The predicted molar refractivity (Wildman–Crippen MR) is 51.8 cm³/mol. The molecule has 0 saturated carbocycles. The Hall–Kier alpha value is -1.29. The summed E-state index contributed by atoms with van der Waals surface area (Å²) >= 11 is 5.75. The van der Waals surface area contributed by atoms with Gasteiger partial charge in [0.05, 0.1) is 16.1 Å². The van der Waals surface area contributed by atoms with Crippen molar-refractivity contribution in [2.45, 2.75) is 6.18 Å². The fourth-order valence-corrected chi connectivity index (χ4v) is 1.60. The van der Waals surface area contributed by atoms with Gasteiger partial charge in [-0.05, 0) is 18.2 Å². The van der Waals surface area contributed by atoms with Crippen LogP contribution in [0.1, 0.15) is 5.56 Å². The molecule has 1 aromatic heterocycles. The molecule has 0 unspecified atom stereocenters. The molecule has 15 heavy (non-hydrogen) atoms. The Bertz CT molecular complexity index is 507. The molecule has 0 aliphatic carbocycles. The summed E-state index contributed by atoms with van der Waals surface area (Å²) in [5.41, 5.74) is -0.538. The predicted octanol–water partition coefficient (Wildman–Crippen LogP) is 3.91. The lowest BCUT2D eigenvalue weighted by Gasteiger charge is -2.10. The third-order valence-electron chi connectivity index (χ3n) is 2.03. The van der Waals surface area contributed by atoms with Crippen molar-refractivity contribution in [2.75, 3.05) is 0 Å². The fraction of sp³-hybridized carbons (Fsp3) is 0.100. The van der Waals surface area contributed by atoms with Gasteiger partial charge in [-0.25, -0.2) is 0 Å². The first kappa shape index (κ1) is 10.2. The number of fused-ring (bicyclic) bond motifs is 1. The highest BCUT2D eigenvalue weighted by Crippen LogP contribution is 2.36. The van der Waals surface area contributed by atoms with Crippen molar-refractivity contribution >= 4 is 22.5 Å². The average molecular weight is 232 g/mol. The van der Waals surface area contributed by atoms with Crippen LogP contribution in [-0.4, -0.2) is 4.98 Å². The molecule has 0 bridgehead atoms. The second kappa shape index (κ2) is 3.38. The Morgan fingerprint density at radius 1 is 1.13 bits per heavy atom. The van der Waals surface area contributed by atoms with Crippen molar-refractivity contribution in [2.24, 2.45) is 0 Å². The molecule has 0 radical (unpaired) electrons. The Kier molecular flexibility index (Phi) is 2.31. The SMILES string of the molecule is FC(F)(F)c1ccc(Cl)c2ncccc12. The third kappa shape index (κ3) is 1.77. The number of benzene rings is 1. The summed E-state index contributed by atoms with van der Waals surface area (Å²) in [6.07, 6.45) is -2.97. The molecule has 0 aliphatic rings. The zero-order valence-electron chi connectivity index (χ0n) is 7.35. The Morgan fingerprint density at radius 3 is 2.53 bits per heavy atom. The third-order valence-corrected chi connectivity index (χ3v) is 2.33. The van der Waals surface area contributed by atoms with E-state index < -0.39 is 11.7 Å². The first-order chi connectivity index (χ1) is 7.00. The topological polar surface area (TPSA) is 12.9 Å². The van der Waals surface area contributed by atoms with Gasteiger partial charge in [-0.3, -0.25) is 4.98 Å². The molecule has 0 atom stereocenters. The molecule has 0 amide bonds. The monoisotopic (exact) mass is 231 g/mol. The first-order valence-electron chi connectivity index (χ1n) is 4.10. The molecule has 2 aromatic rings. The van der Waals surface area contributed by atoms with Gasteiger partial charge in [0.1, 0.15) is 0 Å². The van der Waals surface area contributed by atoms with E-state index in [4.69, 9.17) is 11.6 Å². The summed E-state index contributed by atoms with van der Waals surface area (Å²) in [6, 6.07) is 4.98. The summed E-state index contributed by atoms with van der Waals surface area (Å²) in [7, 11) is 0. The number of aromatic nitrogens is 1. The van der Waals surface area contributed by atoms with Crippen LogP contribution < -0.4 is 0 Å². The summed E-state index contributed by atoms with van der Waals surface area (Å²) in [5.74, 6) is 0. The quantitative estimate of drug-likeness (QED) is 0.670. The van der Waals surface area contributed by atoms with Crippen molar-refractivity contribution in [1.29, 1.82) is 0 Å². The maximum absolute atomic E-state index is 12.6. The summed E-state index contributed by atoms with van der Waals surface area (Å²) in [5, 5.41) is 0.246. The van der Waals surface area contributed by atoms with Crippen molar-refractivity contribution in [1.82, 2.24) is 4.98 Å². The largest absolute Gasteiger partial charge is 0.417 e. The first-order valence-corrected chi connectivity index (χ1v) is 4.48. The number of rotatable bonds is 0. The van der Waals surface area contributed by atoms with Crippen LogP contribution in [0.15, 0.2) is 30.5 Å². The molecule has 0 saturated heterocycles. The van der Waals surface area contributed by atoms with E-state index in [1.165, 1.54) is 24.4 Å². The average Bonchev–Trinajstić information content (AvgIpc) is 2.17. The van der Waals surface area contributed by atoms with E-state index in [0.717, 1.165) is 6.07 Å². The van der Waals surface area contributed by atoms with Gasteiger partial charge in [0.25, 0.3) is 0 Å². The number of alkyl halides is 3. The van der Waals surface area contributed by atoms with E-state index in [1.807, 2.05) is 0 Å². The molecule has 1 aromatic carbocycles. The zero-order valence-corrected chi connectivity index (χ0v) is 8.10. The Balaban J connectivity index is 2.84. The van der Waals surface area contributed by atoms with E-state index in [9.17, 15) is 13.2 Å². The van der Waals surface area contributed by atoms with Crippen molar-refractivity contribution < 1.29 is 13.2 Å². The molecule has 1 nitrogen and oxygen atoms in total. The van der Waals surface area contributed by atoms with Gasteiger partial charge in [0, 0.05) is 11.6 Å². The van der Waals surface area contributed by atoms with Gasteiger partial charge in [-0.15, -0.1) is 0 Å². The molecular weight excluding hydrogens is 227 g/mol. The van der Waals surface area contributed by atoms with Crippen LogP contribution in [0.3, 0.4) is 0 Å². The van der Waals surface area contributed by atoms with E-state index in [1.54, 1.807) is 0 Å². The Morgan fingerprint density at radius 2 is 1.87 bits per heavy atom. The second-order valence-electron chi connectivity index (χ2n) is 2.99. The lowest BCUT2D eigenvalue weighted by Crippen LogP contribution is -2.05. The van der Waals surface area contributed by atoms with Crippen LogP contribution in [-0.2, 0) is 6.18 Å². The van der Waals surface area contributed by atoms with Gasteiger partial charge in [-0.2, -0.15) is 13.2 Å². The van der Waals surface area contributed by atoms with Crippen LogP contribution in [0.2, 0.25) is 5.02 Å². The number of nitrogens with zero attached hydrogens (tertiary/aromatic N) is 1. The summed E-state index contributed by atoms with van der Waals surface area (Å²) < 4.78 is 37.7. The maximum atomic E-state index is 12.6. The van der Waals surface area contributed by atoms with E-state index in [-0.39, 0.29) is 15.9 Å². The van der Waals surface area contributed by atoms with Crippen LogP contribution in [0.5, 0.6) is 0 Å². The van der Waals surface area contributed by atoms with Crippen molar-refractivity contribution in [3.8, 4) is 0 Å². The van der Waals surface area contributed by atoms with Crippen LogP contribution in [0, 0.1) is 0 Å². The highest BCUT2D eigenvalue weighted by molar-refractivity contribution is 6.35. The van der Waals surface area contributed by atoms with Crippen molar-refractivity contribution in [3.05, 3.63) is 41.0 Å². The summed E-state index contributed by atoms with van der Waals surface area (Å²) in [4.78, 5) is 3.82. The number of pyridine rings is 1. The highest BCUT2D eigenvalue weighted by atomic mass is 35.5.